The number of hydrogen-bond acceptors (Lipinski definition) is 5. The molecule has 3 rings (SSSR count). The van der Waals surface area contributed by atoms with Crippen LogP contribution in [0.15, 0.2) is 35.7 Å². The van der Waals surface area contributed by atoms with Crippen LogP contribution in [-0.4, -0.2) is 60.9 Å². The Kier molecular flexibility index (Phi) is 4.98. The van der Waals surface area contributed by atoms with Gasteiger partial charge in [0.15, 0.2) is 0 Å². The number of amides is 1. The number of aromatic nitrogens is 1. The van der Waals surface area contributed by atoms with Crippen molar-refractivity contribution in [3.63, 3.8) is 0 Å². The zero-order valence-electron chi connectivity index (χ0n) is 13.4. The molecule has 2 aromatic rings. The fourth-order valence-electron chi connectivity index (χ4n) is 2.68. The zero-order valence-corrected chi connectivity index (χ0v) is 15.0. The molecular formula is C16H19N3O3S2. The van der Waals surface area contributed by atoms with E-state index in [1.165, 1.54) is 21.9 Å². The van der Waals surface area contributed by atoms with Gasteiger partial charge in [-0.25, -0.2) is 17.7 Å². The minimum Gasteiger partial charge on any atom is -0.336 e. The third kappa shape index (κ3) is 3.82. The van der Waals surface area contributed by atoms with Crippen molar-refractivity contribution < 1.29 is 13.2 Å². The first-order chi connectivity index (χ1) is 11.4. The van der Waals surface area contributed by atoms with Crippen molar-refractivity contribution in [3.05, 3.63) is 41.4 Å². The Morgan fingerprint density at radius 3 is 2.58 bits per heavy atom. The van der Waals surface area contributed by atoms with Crippen molar-refractivity contribution in [3.8, 4) is 10.6 Å². The average Bonchev–Trinajstić information content (AvgIpc) is 2.91. The van der Waals surface area contributed by atoms with Crippen molar-refractivity contribution in [1.29, 1.82) is 0 Å². The minimum atomic E-state index is -3.21. The third-order valence-electron chi connectivity index (χ3n) is 3.96. The summed E-state index contributed by atoms with van der Waals surface area (Å²) in [6.07, 6.45) is 1.84. The van der Waals surface area contributed by atoms with Gasteiger partial charge in [-0.2, -0.15) is 0 Å². The van der Waals surface area contributed by atoms with Gasteiger partial charge in [0.1, 0.15) is 10.7 Å². The molecule has 1 aromatic carbocycles. The Hall–Kier alpha value is -1.77. The van der Waals surface area contributed by atoms with Crippen molar-refractivity contribution in [1.82, 2.24) is 14.2 Å². The number of carbonyl (C=O) groups is 1. The topological polar surface area (TPSA) is 70.6 Å². The number of benzene rings is 1. The summed E-state index contributed by atoms with van der Waals surface area (Å²) in [5.74, 6) is -0.135. The molecule has 1 aromatic heterocycles. The van der Waals surface area contributed by atoms with E-state index in [2.05, 4.69) is 4.98 Å². The molecule has 24 heavy (non-hydrogen) atoms. The number of hydrogen-bond donors (Lipinski definition) is 0. The van der Waals surface area contributed by atoms with Crippen molar-refractivity contribution in [2.45, 2.75) is 6.42 Å². The van der Waals surface area contributed by atoms with Crippen LogP contribution in [0.2, 0.25) is 0 Å². The average molecular weight is 365 g/mol. The summed E-state index contributed by atoms with van der Waals surface area (Å²) in [6.45, 7) is 1.72. The van der Waals surface area contributed by atoms with E-state index < -0.39 is 10.0 Å². The fourth-order valence-corrected chi connectivity index (χ4v) is 4.35. The third-order valence-corrected chi connectivity index (χ3v) is 6.15. The van der Waals surface area contributed by atoms with Crippen LogP contribution in [0, 0.1) is 0 Å². The Morgan fingerprint density at radius 1 is 1.12 bits per heavy atom. The van der Waals surface area contributed by atoms with Gasteiger partial charge < -0.3 is 4.90 Å². The number of nitrogens with zero attached hydrogens (tertiary/aromatic N) is 3. The lowest BCUT2D eigenvalue weighted by molar-refractivity contribution is 0.0759. The van der Waals surface area contributed by atoms with Gasteiger partial charge in [0, 0.05) is 37.1 Å². The molecule has 0 atom stereocenters. The summed E-state index contributed by atoms with van der Waals surface area (Å²) in [4.78, 5) is 18.8. The molecular weight excluding hydrogens is 346 g/mol. The van der Waals surface area contributed by atoms with Crippen LogP contribution < -0.4 is 0 Å². The molecule has 1 saturated heterocycles. The van der Waals surface area contributed by atoms with Crippen LogP contribution in [0.25, 0.3) is 10.6 Å². The Balaban J connectivity index is 1.72. The number of thiazole rings is 1. The maximum atomic E-state index is 12.7. The predicted octanol–water partition coefficient (Wildman–Crippen LogP) is 1.92. The van der Waals surface area contributed by atoms with Crippen LogP contribution in [-0.2, 0) is 10.0 Å². The summed E-state index contributed by atoms with van der Waals surface area (Å²) < 4.78 is 24.7. The van der Waals surface area contributed by atoms with E-state index in [4.69, 9.17) is 0 Å². The van der Waals surface area contributed by atoms with Gasteiger partial charge in [0.05, 0.1) is 6.26 Å². The van der Waals surface area contributed by atoms with Gasteiger partial charge in [-0.05, 0) is 6.42 Å². The molecule has 6 nitrogen and oxygen atoms in total. The van der Waals surface area contributed by atoms with Gasteiger partial charge in [-0.15, -0.1) is 11.3 Å². The van der Waals surface area contributed by atoms with Crippen LogP contribution in [0.1, 0.15) is 16.9 Å². The highest BCUT2D eigenvalue weighted by atomic mass is 32.2. The molecule has 8 heteroatoms. The smallest absolute Gasteiger partial charge is 0.273 e. The van der Waals surface area contributed by atoms with E-state index in [1.807, 2.05) is 30.3 Å². The van der Waals surface area contributed by atoms with E-state index in [-0.39, 0.29) is 5.91 Å². The standard InChI is InChI=1S/C16H19N3O3S2/c1-24(21,22)19-9-5-8-18(10-11-19)16(20)14-12-23-15(17-14)13-6-3-2-4-7-13/h2-4,6-7,12H,5,8-11H2,1H3. The minimum absolute atomic E-state index is 0.135. The summed E-state index contributed by atoms with van der Waals surface area (Å²) >= 11 is 1.44. The second-order valence-electron chi connectivity index (χ2n) is 5.71. The monoisotopic (exact) mass is 365 g/mol. The summed E-state index contributed by atoms with van der Waals surface area (Å²) in [7, 11) is -3.21. The number of carbonyl (C=O) groups excluding carboxylic acids is 1. The quantitative estimate of drug-likeness (QED) is 0.833. The second kappa shape index (κ2) is 7.00. The predicted molar refractivity (Wildman–Crippen MR) is 94.5 cm³/mol. The molecule has 0 bridgehead atoms. The Bertz CT molecular complexity index is 818. The van der Waals surface area contributed by atoms with Gasteiger partial charge in [0.2, 0.25) is 10.0 Å². The SMILES string of the molecule is CS(=O)(=O)N1CCCN(C(=O)c2csc(-c3ccccc3)n2)CC1. The van der Waals surface area contributed by atoms with E-state index in [0.29, 0.717) is 38.3 Å². The molecule has 1 aliphatic rings. The normalized spacial score (nSPS) is 16.8. The first-order valence-electron chi connectivity index (χ1n) is 7.70. The molecule has 0 radical (unpaired) electrons. The van der Waals surface area contributed by atoms with E-state index >= 15 is 0 Å². The first kappa shape index (κ1) is 17.1. The number of sulfonamides is 1. The zero-order chi connectivity index (χ0) is 17.2. The molecule has 2 heterocycles. The number of rotatable bonds is 3. The molecule has 0 spiro atoms. The summed E-state index contributed by atoms with van der Waals surface area (Å²) in [5.41, 5.74) is 1.41. The molecule has 0 unspecified atom stereocenters. The first-order valence-corrected chi connectivity index (χ1v) is 10.4. The lowest BCUT2D eigenvalue weighted by atomic mass is 10.2. The van der Waals surface area contributed by atoms with Gasteiger partial charge in [0.25, 0.3) is 5.91 Å². The summed E-state index contributed by atoms with van der Waals surface area (Å²) in [5, 5.41) is 2.58. The Morgan fingerprint density at radius 2 is 1.88 bits per heavy atom. The van der Waals surface area contributed by atoms with Gasteiger partial charge in [-0.1, -0.05) is 30.3 Å². The molecule has 128 valence electrons. The largest absolute Gasteiger partial charge is 0.336 e. The van der Waals surface area contributed by atoms with E-state index in [1.54, 1.807) is 10.3 Å². The highest BCUT2D eigenvalue weighted by molar-refractivity contribution is 7.88. The van der Waals surface area contributed by atoms with E-state index in [9.17, 15) is 13.2 Å². The van der Waals surface area contributed by atoms with Gasteiger partial charge in [-0.3, -0.25) is 4.79 Å². The Labute approximate surface area is 145 Å². The fraction of sp³-hybridized carbons (Fsp3) is 0.375. The van der Waals surface area contributed by atoms with Crippen LogP contribution in [0.4, 0.5) is 0 Å². The lowest BCUT2D eigenvalue weighted by Crippen LogP contribution is -2.37. The molecule has 1 fully saturated rings. The lowest BCUT2D eigenvalue weighted by Gasteiger charge is -2.20. The van der Waals surface area contributed by atoms with Crippen molar-refractivity contribution in [2.75, 3.05) is 32.4 Å². The molecule has 0 N–H and O–H groups in total. The molecule has 0 saturated carbocycles. The highest BCUT2D eigenvalue weighted by Gasteiger charge is 2.25. The maximum absolute atomic E-state index is 12.7. The summed E-state index contributed by atoms with van der Waals surface area (Å²) in [6, 6.07) is 9.74. The van der Waals surface area contributed by atoms with Crippen molar-refractivity contribution >= 4 is 27.3 Å². The highest BCUT2D eigenvalue weighted by Crippen LogP contribution is 2.24. The second-order valence-corrected chi connectivity index (χ2v) is 8.55. The van der Waals surface area contributed by atoms with Crippen molar-refractivity contribution in [2.24, 2.45) is 0 Å². The molecule has 1 amide bonds. The van der Waals surface area contributed by atoms with Crippen LogP contribution in [0.3, 0.4) is 0 Å². The van der Waals surface area contributed by atoms with E-state index in [0.717, 1.165) is 10.6 Å². The molecule has 1 aliphatic heterocycles. The maximum Gasteiger partial charge on any atom is 0.273 e. The van der Waals surface area contributed by atoms with Gasteiger partial charge >= 0.3 is 0 Å². The van der Waals surface area contributed by atoms with Crippen LogP contribution in [0.5, 0.6) is 0 Å². The molecule has 0 aliphatic carbocycles. The van der Waals surface area contributed by atoms with Crippen LogP contribution >= 0.6 is 11.3 Å².